The molecule has 0 aliphatic rings. The van der Waals surface area contributed by atoms with Crippen molar-refractivity contribution in [3.63, 3.8) is 0 Å². The second kappa shape index (κ2) is 7.16. The van der Waals surface area contributed by atoms with Gasteiger partial charge in [0.1, 0.15) is 17.2 Å². The second-order valence-corrected chi connectivity index (χ2v) is 6.42. The van der Waals surface area contributed by atoms with Crippen molar-refractivity contribution < 1.29 is 4.39 Å². The van der Waals surface area contributed by atoms with Crippen LogP contribution in [0.4, 0.5) is 10.3 Å². The molecule has 7 nitrogen and oxygen atoms in total. The third-order valence-electron chi connectivity index (χ3n) is 4.55. The Balaban J connectivity index is 1.37. The minimum atomic E-state index is -0.333. The summed E-state index contributed by atoms with van der Waals surface area (Å²) in [6, 6.07) is 14.2. The zero-order chi connectivity index (χ0) is 19.6. The van der Waals surface area contributed by atoms with Gasteiger partial charge in [-0.05, 0) is 30.3 Å². The summed E-state index contributed by atoms with van der Waals surface area (Å²) in [5.74, 6) is 0.159. The molecule has 0 saturated carbocycles. The molecule has 0 atom stereocenters. The quantitative estimate of drug-likeness (QED) is 0.499. The first-order chi connectivity index (χ1) is 14.3. The van der Waals surface area contributed by atoms with E-state index in [-0.39, 0.29) is 5.82 Å². The van der Waals surface area contributed by atoms with E-state index in [1.54, 1.807) is 42.9 Å². The lowest BCUT2D eigenvalue weighted by atomic mass is 10.2. The number of hydrogen-bond donors (Lipinski definition) is 1. The van der Waals surface area contributed by atoms with Gasteiger partial charge in [0.05, 0.1) is 30.3 Å². The zero-order valence-corrected chi connectivity index (χ0v) is 15.3. The standard InChI is InChI=1S/C21H16FN7/c22-17-5-1-2-6-19(17)29-14-15(11-26-29)18-8-9-23-21(27-18)25-13-16-12-24-20-7-3-4-10-28(16)20/h1-12,14H,13H2,(H,23,25,27). The fourth-order valence-electron chi connectivity index (χ4n) is 3.11. The average Bonchev–Trinajstić information content (AvgIpc) is 3.40. The van der Waals surface area contributed by atoms with Gasteiger partial charge in [-0.1, -0.05) is 18.2 Å². The molecule has 0 unspecified atom stereocenters. The zero-order valence-electron chi connectivity index (χ0n) is 15.3. The normalized spacial score (nSPS) is 11.1. The van der Waals surface area contributed by atoms with Crippen molar-refractivity contribution in [1.29, 1.82) is 0 Å². The number of nitrogens with one attached hydrogen (secondary N) is 1. The minimum absolute atomic E-state index is 0.333. The lowest BCUT2D eigenvalue weighted by Crippen LogP contribution is -2.05. The molecule has 1 N–H and O–H groups in total. The number of halogens is 1. The minimum Gasteiger partial charge on any atom is -0.349 e. The monoisotopic (exact) mass is 385 g/mol. The van der Waals surface area contributed by atoms with Crippen LogP contribution in [0, 0.1) is 5.82 Å². The summed E-state index contributed by atoms with van der Waals surface area (Å²) in [5.41, 5.74) is 3.75. The van der Waals surface area contributed by atoms with E-state index in [0.29, 0.717) is 23.9 Å². The number of anilines is 1. The molecule has 0 fully saturated rings. The van der Waals surface area contributed by atoms with Crippen LogP contribution in [0.5, 0.6) is 0 Å². The highest BCUT2D eigenvalue weighted by molar-refractivity contribution is 5.59. The first-order valence-electron chi connectivity index (χ1n) is 9.06. The van der Waals surface area contributed by atoms with Crippen LogP contribution in [-0.4, -0.2) is 29.1 Å². The molecular weight excluding hydrogens is 369 g/mol. The van der Waals surface area contributed by atoms with E-state index in [9.17, 15) is 4.39 Å². The smallest absolute Gasteiger partial charge is 0.223 e. The van der Waals surface area contributed by atoms with Gasteiger partial charge in [0.2, 0.25) is 5.95 Å². The molecule has 8 heteroatoms. The third-order valence-corrected chi connectivity index (χ3v) is 4.55. The van der Waals surface area contributed by atoms with Crippen molar-refractivity contribution in [2.24, 2.45) is 0 Å². The molecule has 0 spiro atoms. The summed E-state index contributed by atoms with van der Waals surface area (Å²) in [6.45, 7) is 0.531. The van der Waals surface area contributed by atoms with Gasteiger partial charge in [0.15, 0.2) is 0 Å². The molecule has 0 radical (unpaired) electrons. The highest BCUT2D eigenvalue weighted by Gasteiger charge is 2.09. The molecule has 29 heavy (non-hydrogen) atoms. The number of imidazole rings is 1. The molecule has 0 bridgehead atoms. The molecule has 0 amide bonds. The largest absolute Gasteiger partial charge is 0.349 e. The maximum atomic E-state index is 14.0. The number of hydrogen-bond acceptors (Lipinski definition) is 5. The fraction of sp³-hybridized carbons (Fsp3) is 0.0476. The highest BCUT2D eigenvalue weighted by atomic mass is 19.1. The van der Waals surface area contributed by atoms with Crippen molar-refractivity contribution in [3.8, 4) is 16.9 Å². The van der Waals surface area contributed by atoms with Gasteiger partial charge in [-0.2, -0.15) is 5.10 Å². The first-order valence-corrected chi connectivity index (χ1v) is 9.06. The SMILES string of the molecule is Fc1ccccc1-n1cc(-c2ccnc(NCc3cnc4ccccn34)n2)cn1. The number of nitrogens with zero attached hydrogens (tertiary/aromatic N) is 6. The maximum absolute atomic E-state index is 14.0. The number of pyridine rings is 1. The van der Waals surface area contributed by atoms with Gasteiger partial charge >= 0.3 is 0 Å². The average molecular weight is 385 g/mol. The van der Waals surface area contributed by atoms with Crippen LogP contribution < -0.4 is 5.32 Å². The summed E-state index contributed by atoms with van der Waals surface area (Å²) < 4.78 is 17.5. The van der Waals surface area contributed by atoms with E-state index in [1.807, 2.05) is 35.0 Å². The Labute approximate surface area is 165 Å². The maximum Gasteiger partial charge on any atom is 0.223 e. The summed E-state index contributed by atoms with van der Waals surface area (Å²) >= 11 is 0. The highest BCUT2D eigenvalue weighted by Crippen LogP contribution is 2.20. The van der Waals surface area contributed by atoms with Crippen LogP contribution in [0.15, 0.2) is 79.5 Å². The van der Waals surface area contributed by atoms with E-state index in [4.69, 9.17) is 0 Å². The predicted octanol–water partition coefficient (Wildman–Crippen LogP) is 3.73. The van der Waals surface area contributed by atoms with Gasteiger partial charge in [-0.15, -0.1) is 0 Å². The lowest BCUT2D eigenvalue weighted by Gasteiger charge is -2.06. The van der Waals surface area contributed by atoms with Crippen LogP contribution in [-0.2, 0) is 6.54 Å². The summed E-state index contributed by atoms with van der Waals surface area (Å²) in [4.78, 5) is 13.2. The third kappa shape index (κ3) is 3.31. The molecule has 4 heterocycles. The summed E-state index contributed by atoms with van der Waals surface area (Å²) in [6.07, 6.45) is 8.87. The van der Waals surface area contributed by atoms with Crippen molar-refractivity contribution >= 4 is 11.6 Å². The Bertz CT molecular complexity index is 1290. The number of fused-ring (bicyclic) bond motifs is 1. The van der Waals surface area contributed by atoms with E-state index in [2.05, 4.69) is 25.4 Å². The number of rotatable bonds is 5. The molecule has 0 saturated heterocycles. The first kappa shape index (κ1) is 17.1. The Morgan fingerprint density at radius 2 is 1.86 bits per heavy atom. The molecule has 1 aromatic carbocycles. The van der Waals surface area contributed by atoms with E-state index in [1.165, 1.54) is 10.7 Å². The lowest BCUT2D eigenvalue weighted by molar-refractivity contribution is 0.611. The van der Waals surface area contributed by atoms with Crippen molar-refractivity contribution in [3.05, 3.63) is 91.0 Å². The van der Waals surface area contributed by atoms with Crippen molar-refractivity contribution in [2.75, 3.05) is 5.32 Å². The number of benzene rings is 1. The number of para-hydroxylation sites is 1. The van der Waals surface area contributed by atoms with Crippen LogP contribution >= 0.6 is 0 Å². The van der Waals surface area contributed by atoms with Gasteiger partial charge in [0.25, 0.3) is 0 Å². The van der Waals surface area contributed by atoms with Gasteiger partial charge in [-0.25, -0.2) is 24.0 Å². The Morgan fingerprint density at radius 1 is 0.966 bits per heavy atom. The summed E-state index contributed by atoms with van der Waals surface area (Å²) in [7, 11) is 0. The predicted molar refractivity (Wildman–Crippen MR) is 107 cm³/mol. The van der Waals surface area contributed by atoms with Gasteiger partial charge in [-0.3, -0.25) is 0 Å². The number of aromatic nitrogens is 6. The topological polar surface area (TPSA) is 72.9 Å². The van der Waals surface area contributed by atoms with E-state index < -0.39 is 0 Å². The Morgan fingerprint density at radius 3 is 2.79 bits per heavy atom. The molecule has 0 aliphatic heterocycles. The molecule has 5 aromatic rings. The summed E-state index contributed by atoms with van der Waals surface area (Å²) in [5, 5.41) is 7.49. The Kier molecular flexibility index (Phi) is 4.21. The molecule has 4 aromatic heterocycles. The fourth-order valence-corrected chi connectivity index (χ4v) is 3.11. The molecular formula is C21H16FN7. The van der Waals surface area contributed by atoms with Crippen molar-refractivity contribution in [2.45, 2.75) is 6.54 Å². The van der Waals surface area contributed by atoms with Gasteiger partial charge < -0.3 is 9.72 Å². The Hall–Kier alpha value is -4.07. The second-order valence-electron chi connectivity index (χ2n) is 6.42. The van der Waals surface area contributed by atoms with E-state index in [0.717, 1.165) is 16.9 Å². The van der Waals surface area contributed by atoms with Crippen molar-refractivity contribution in [1.82, 2.24) is 29.1 Å². The molecule has 142 valence electrons. The van der Waals surface area contributed by atoms with Crippen LogP contribution in [0.1, 0.15) is 5.69 Å². The van der Waals surface area contributed by atoms with Gasteiger partial charge in [0, 0.05) is 24.2 Å². The van der Waals surface area contributed by atoms with Crippen LogP contribution in [0.25, 0.3) is 22.6 Å². The molecule has 0 aliphatic carbocycles. The van der Waals surface area contributed by atoms with E-state index >= 15 is 0 Å². The molecule has 5 rings (SSSR count). The van der Waals surface area contributed by atoms with Crippen LogP contribution in [0.2, 0.25) is 0 Å². The van der Waals surface area contributed by atoms with Crippen LogP contribution in [0.3, 0.4) is 0 Å².